The summed E-state index contributed by atoms with van der Waals surface area (Å²) in [5.41, 5.74) is 5.79. The van der Waals surface area contributed by atoms with E-state index in [1.165, 1.54) is 5.56 Å². The summed E-state index contributed by atoms with van der Waals surface area (Å²) in [6.45, 7) is 1.94. The van der Waals surface area contributed by atoms with Gasteiger partial charge in [0.25, 0.3) is 0 Å². The summed E-state index contributed by atoms with van der Waals surface area (Å²) in [5, 5.41) is 14.9. The van der Waals surface area contributed by atoms with E-state index in [0.29, 0.717) is 5.82 Å². The first-order chi connectivity index (χ1) is 14.6. The monoisotopic (exact) mass is 418 g/mol. The highest BCUT2D eigenvalue weighted by Crippen LogP contribution is 2.33. The van der Waals surface area contributed by atoms with Crippen LogP contribution in [0.4, 0.5) is 10.6 Å². The Morgan fingerprint density at radius 3 is 2.97 bits per heavy atom. The lowest BCUT2D eigenvalue weighted by molar-refractivity contribution is 0.248. The Labute approximate surface area is 177 Å². The zero-order chi connectivity index (χ0) is 20.7. The van der Waals surface area contributed by atoms with Crippen molar-refractivity contribution in [3.8, 4) is 11.3 Å². The lowest BCUT2D eigenvalue weighted by Gasteiger charge is -2.14. The van der Waals surface area contributed by atoms with Crippen LogP contribution in [0.1, 0.15) is 29.3 Å². The second-order valence-electron chi connectivity index (χ2n) is 7.41. The zero-order valence-corrected chi connectivity index (χ0v) is 17.0. The summed E-state index contributed by atoms with van der Waals surface area (Å²) in [6, 6.07) is 11.1. The molecule has 0 spiro atoms. The molecule has 30 heavy (non-hydrogen) atoms. The van der Waals surface area contributed by atoms with Gasteiger partial charge in [0.05, 0.1) is 11.6 Å². The smallest absolute Gasteiger partial charge is 0.320 e. The van der Waals surface area contributed by atoms with Gasteiger partial charge in [-0.1, -0.05) is 17.7 Å². The summed E-state index contributed by atoms with van der Waals surface area (Å²) < 4.78 is 0. The summed E-state index contributed by atoms with van der Waals surface area (Å²) in [5.74, 6) is 0.454. The van der Waals surface area contributed by atoms with Crippen molar-refractivity contribution in [3.63, 3.8) is 0 Å². The second-order valence-corrected chi connectivity index (χ2v) is 7.84. The molecule has 3 heterocycles. The number of benzene rings is 1. The van der Waals surface area contributed by atoms with Crippen molar-refractivity contribution in [1.29, 1.82) is 0 Å². The predicted octanol–water partition coefficient (Wildman–Crippen LogP) is 4.79. The highest BCUT2D eigenvalue weighted by atomic mass is 35.5. The number of fused-ring (bicyclic) bond motifs is 2. The molecule has 1 atom stereocenters. The number of aromatic nitrogens is 4. The van der Waals surface area contributed by atoms with E-state index in [9.17, 15) is 4.79 Å². The molecule has 0 radical (unpaired) electrons. The zero-order valence-electron chi connectivity index (χ0n) is 16.2. The van der Waals surface area contributed by atoms with E-state index in [0.717, 1.165) is 51.3 Å². The van der Waals surface area contributed by atoms with Gasteiger partial charge in [0.2, 0.25) is 0 Å². The van der Waals surface area contributed by atoms with E-state index in [-0.39, 0.29) is 12.1 Å². The number of hydrogen-bond acceptors (Lipinski definition) is 4. The molecular weight excluding hydrogens is 400 g/mol. The number of hydrogen-bond donors (Lipinski definition) is 3. The molecule has 0 saturated carbocycles. The Kier molecular flexibility index (Phi) is 4.59. The van der Waals surface area contributed by atoms with Crippen LogP contribution in [0.3, 0.4) is 0 Å². The molecule has 150 valence electrons. The van der Waals surface area contributed by atoms with Crippen molar-refractivity contribution < 1.29 is 4.79 Å². The quantitative estimate of drug-likeness (QED) is 0.445. The summed E-state index contributed by atoms with van der Waals surface area (Å²) >= 11 is 6.06. The molecule has 1 aliphatic rings. The van der Waals surface area contributed by atoms with Gasteiger partial charge in [-0.15, -0.1) is 0 Å². The Hall–Kier alpha value is -3.45. The van der Waals surface area contributed by atoms with Crippen molar-refractivity contribution in [2.45, 2.75) is 25.8 Å². The van der Waals surface area contributed by atoms with Gasteiger partial charge in [-0.25, -0.2) is 9.78 Å². The number of pyridine rings is 2. The van der Waals surface area contributed by atoms with Crippen LogP contribution in [-0.4, -0.2) is 26.2 Å². The number of aryl methyl sites for hydroxylation is 2. The van der Waals surface area contributed by atoms with Gasteiger partial charge < -0.3 is 5.32 Å². The molecule has 0 aliphatic heterocycles. The molecule has 1 aliphatic carbocycles. The molecule has 8 heteroatoms. The third kappa shape index (κ3) is 3.48. The molecule has 3 aromatic heterocycles. The van der Waals surface area contributed by atoms with Crippen molar-refractivity contribution in [1.82, 2.24) is 25.5 Å². The number of urea groups is 1. The summed E-state index contributed by atoms with van der Waals surface area (Å²) in [7, 11) is 0. The first-order valence-corrected chi connectivity index (χ1v) is 10.1. The number of nitrogens with one attached hydrogen (secondary N) is 3. The van der Waals surface area contributed by atoms with Crippen LogP contribution in [0.5, 0.6) is 0 Å². The highest BCUT2D eigenvalue weighted by molar-refractivity contribution is 6.30. The lowest BCUT2D eigenvalue weighted by atomic mass is 10.1. The number of aromatic amines is 1. The van der Waals surface area contributed by atoms with E-state index in [4.69, 9.17) is 11.6 Å². The van der Waals surface area contributed by atoms with Crippen LogP contribution in [0, 0.1) is 6.92 Å². The van der Waals surface area contributed by atoms with Gasteiger partial charge in [-0.05, 0) is 55.2 Å². The van der Waals surface area contributed by atoms with Gasteiger partial charge in [0.1, 0.15) is 11.5 Å². The molecule has 0 bridgehead atoms. The highest BCUT2D eigenvalue weighted by Gasteiger charge is 2.24. The van der Waals surface area contributed by atoms with Crippen molar-refractivity contribution in [2.24, 2.45) is 0 Å². The number of amides is 2. The maximum Gasteiger partial charge on any atom is 0.320 e. The van der Waals surface area contributed by atoms with Crippen LogP contribution >= 0.6 is 11.6 Å². The van der Waals surface area contributed by atoms with Crippen LogP contribution in [0.25, 0.3) is 22.2 Å². The van der Waals surface area contributed by atoms with E-state index < -0.39 is 0 Å². The molecule has 0 fully saturated rings. The third-order valence-electron chi connectivity index (χ3n) is 5.35. The topological polar surface area (TPSA) is 95.6 Å². The van der Waals surface area contributed by atoms with Gasteiger partial charge in [0.15, 0.2) is 0 Å². The normalized spacial score (nSPS) is 15.2. The molecule has 3 N–H and O–H groups in total. The number of carbonyl (C=O) groups is 1. The van der Waals surface area contributed by atoms with E-state index in [1.807, 2.05) is 37.3 Å². The molecule has 2 amide bonds. The number of H-pyrrole nitrogens is 1. The molecular formula is C22H19ClN6O. The fourth-order valence-corrected chi connectivity index (χ4v) is 4.14. The lowest BCUT2D eigenvalue weighted by Crippen LogP contribution is -2.31. The number of anilines is 1. The number of nitrogens with zero attached hydrogens (tertiary/aromatic N) is 3. The first-order valence-electron chi connectivity index (χ1n) is 9.70. The largest absolute Gasteiger partial charge is 0.331 e. The Morgan fingerprint density at radius 1 is 1.20 bits per heavy atom. The average molecular weight is 419 g/mol. The van der Waals surface area contributed by atoms with Crippen LogP contribution in [-0.2, 0) is 6.42 Å². The molecule has 0 saturated heterocycles. The first kappa shape index (κ1) is 18.6. The minimum absolute atomic E-state index is 0.0327. The fourth-order valence-electron chi connectivity index (χ4n) is 3.94. The van der Waals surface area contributed by atoms with Crippen molar-refractivity contribution in [2.75, 3.05) is 5.32 Å². The third-order valence-corrected chi connectivity index (χ3v) is 5.58. The van der Waals surface area contributed by atoms with Crippen molar-refractivity contribution >= 4 is 34.4 Å². The Morgan fingerprint density at radius 2 is 2.10 bits per heavy atom. The number of rotatable bonds is 3. The number of halogens is 1. The SMILES string of the molecule is Cc1cc(-c2n[nH]c3cc(NC(=O)NC4CCc5cc(Cl)ccc54)ncc23)ccn1. The van der Waals surface area contributed by atoms with Crippen LogP contribution < -0.4 is 10.6 Å². The minimum Gasteiger partial charge on any atom is -0.331 e. The fraction of sp³-hybridized carbons (Fsp3) is 0.182. The molecule has 1 unspecified atom stereocenters. The number of carbonyl (C=O) groups excluding carboxylic acids is 1. The van der Waals surface area contributed by atoms with E-state index in [1.54, 1.807) is 18.5 Å². The van der Waals surface area contributed by atoms with Crippen LogP contribution in [0.2, 0.25) is 5.02 Å². The van der Waals surface area contributed by atoms with E-state index >= 15 is 0 Å². The summed E-state index contributed by atoms with van der Waals surface area (Å²) in [4.78, 5) is 21.1. The Bertz CT molecular complexity index is 1270. The standard InChI is InChI=1S/C22H19ClN6O/c1-12-8-14(6-7-24-12)21-17-11-25-20(10-19(17)28-29-21)27-22(30)26-18-5-2-13-9-15(23)3-4-16(13)18/h3-4,6-11,18H,2,5H2,1H3,(H,28,29)(H2,25,26,27,30). The second kappa shape index (κ2) is 7.42. The molecule has 4 aromatic rings. The molecule has 7 nitrogen and oxygen atoms in total. The van der Waals surface area contributed by atoms with Gasteiger partial charge >= 0.3 is 6.03 Å². The maximum atomic E-state index is 12.5. The predicted molar refractivity (Wildman–Crippen MR) is 117 cm³/mol. The molecule has 1 aromatic carbocycles. The average Bonchev–Trinajstić information content (AvgIpc) is 3.31. The molecule has 5 rings (SSSR count). The van der Waals surface area contributed by atoms with E-state index in [2.05, 4.69) is 30.8 Å². The summed E-state index contributed by atoms with van der Waals surface area (Å²) in [6.07, 6.45) is 5.22. The van der Waals surface area contributed by atoms with Crippen LogP contribution in [0.15, 0.2) is 48.8 Å². The van der Waals surface area contributed by atoms with Crippen molar-refractivity contribution in [3.05, 3.63) is 70.6 Å². The maximum absolute atomic E-state index is 12.5. The van der Waals surface area contributed by atoms with Gasteiger partial charge in [-0.3, -0.25) is 15.4 Å². The Balaban J connectivity index is 1.32. The van der Waals surface area contributed by atoms with Gasteiger partial charge in [0, 0.05) is 40.1 Å². The minimum atomic E-state index is -0.292. The van der Waals surface area contributed by atoms with Gasteiger partial charge in [-0.2, -0.15) is 5.10 Å².